The number of benzene rings is 3. The van der Waals surface area contributed by atoms with Crippen LogP contribution in [0.15, 0.2) is 70.9 Å². The first-order valence-corrected chi connectivity index (χ1v) is 10.7. The highest BCUT2D eigenvalue weighted by molar-refractivity contribution is 7.99. The molecule has 1 aromatic heterocycles. The van der Waals surface area contributed by atoms with E-state index in [1.807, 2.05) is 79.2 Å². The molecule has 0 radical (unpaired) electrons. The molecule has 4 aromatic rings. The number of hydrogen-bond acceptors (Lipinski definition) is 5. The van der Waals surface area contributed by atoms with Crippen LogP contribution in [0.25, 0.3) is 21.8 Å². The number of thioether (sulfide) groups is 1. The predicted octanol–water partition coefficient (Wildman–Crippen LogP) is 4.37. The first-order valence-electron chi connectivity index (χ1n) is 9.68. The van der Waals surface area contributed by atoms with Gasteiger partial charge in [0, 0.05) is 12.6 Å². The van der Waals surface area contributed by atoms with Crippen molar-refractivity contribution in [1.82, 2.24) is 15.0 Å². The van der Waals surface area contributed by atoms with Crippen LogP contribution >= 0.6 is 11.8 Å². The number of carbonyl (C=O) groups is 1. The number of rotatable bonds is 7. The Balaban J connectivity index is 1.44. The second-order valence-electron chi connectivity index (χ2n) is 6.66. The molecular weight excluding hydrogens is 396 g/mol. The predicted molar refractivity (Wildman–Crippen MR) is 122 cm³/mol. The minimum atomic E-state index is -0.193. The third-order valence-corrected chi connectivity index (χ3v) is 5.72. The lowest BCUT2D eigenvalue weighted by Crippen LogP contribution is -2.20. The molecule has 1 amide bonds. The van der Waals surface area contributed by atoms with E-state index in [0.29, 0.717) is 6.61 Å². The third kappa shape index (κ3) is 4.16. The molecule has 0 saturated carbocycles. The molecule has 6 nitrogen and oxygen atoms in total. The van der Waals surface area contributed by atoms with Gasteiger partial charge in [-0.3, -0.25) is 4.79 Å². The van der Waals surface area contributed by atoms with Crippen LogP contribution in [0.2, 0.25) is 0 Å². The number of imidazole rings is 1. The molecule has 0 spiro atoms. The van der Waals surface area contributed by atoms with E-state index in [2.05, 4.69) is 15.5 Å². The summed E-state index contributed by atoms with van der Waals surface area (Å²) >= 11 is 1.38. The van der Waals surface area contributed by atoms with Crippen molar-refractivity contribution in [3.05, 3.63) is 66.2 Å². The summed E-state index contributed by atoms with van der Waals surface area (Å²) in [6.45, 7) is 2.50. The molecule has 0 aliphatic carbocycles. The van der Waals surface area contributed by atoms with E-state index in [-0.39, 0.29) is 11.7 Å². The van der Waals surface area contributed by atoms with E-state index in [4.69, 9.17) is 4.74 Å². The molecule has 7 heteroatoms. The molecule has 3 aromatic carbocycles. The van der Waals surface area contributed by atoms with E-state index in [1.165, 1.54) is 11.8 Å². The second-order valence-corrected chi connectivity index (χ2v) is 7.60. The Labute approximate surface area is 178 Å². The number of hydrazone groups is 1. The minimum Gasteiger partial charge on any atom is -0.493 e. The molecule has 0 aliphatic heterocycles. The van der Waals surface area contributed by atoms with Crippen LogP contribution in [0.3, 0.4) is 0 Å². The molecule has 0 bridgehead atoms. The summed E-state index contributed by atoms with van der Waals surface area (Å²) in [7, 11) is 1.95. The number of amides is 1. The summed E-state index contributed by atoms with van der Waals surface area (Å²) in [5.74, 6) is 0.771. The number of nitrogens with one attached hydrogen (secondary N) is 1. The van der Waals surface area contributed by atoms with Crippen LogP contribution in [0, 0.1) is 0 Å². The molecule has 0 aliphatic rings. The topological polar surface area (TPSA) is 68.5 Å². The highest BCUT2D eigenvalue weighted by Crippen LogP contribution is 2.27. The third-order valence-electron chi connectivity index (χ3n) is 4.69. The van der Waals surface area contributed by atoms with Gasteiger partial charge in [-0.05, 0) is 35.9 Å². The molecule has 0 unspecified atom stereocenters. The van der Waals surface area contributed by atoms with Crippen molar-refractivity contribution in [3.8, 4) is 5.75 Å². The number of fused-ring (bicyclic) bond motifs is 2. The zero-order valence-corrected chi connectivity index (χ0v) is 17.6. The van der Waals surface area contributed by atoms with Crippen LogP contribution < -0.4 is 10.2 Å². The van der Waals surface area contributed by atoms with Gasteiger partial charge in [0.05, 0.1) is 29.6 Å². The number of hydrogen-bond donors (Lipinski definition) is 1. The molecule has 1 heterocycles. The fourth-order valence-corrected chi connectivity index (χ4v) is 4.05. The molecule has 0 atom stereocenters. The smallest absolute Gasteiger partial charge is 0.250 e. The Morgan fingerprint density at radius 3 is 2.80 bits per heavy atom. The van der Waals surface area contributed by atoms with Gasteiger partial charge in [0.15, 0.2) is 5.16 Å². The summed E-state index contributed by atoms with van der Waals surface area (Å²) in [5, 5.41) is 7.07. The molecule has 30 heavy (non-hydrogen) atoms. The SMILES string of the molecule is CCOc1ccc2ccccc2c1/C=N\NC(=O)CSc1nc2ccccc2n1C. The number of nitrogens with zero attached hydrogens (tertiary/aromatic N) is 3. The van der Waals surface area contributed by atoms with Crippen molar-refractivity contribution in [2.45, 2.75) is 12.1 Å². The number of aromatic nitrogens is 2. The summed E-state index contributed by atoms with van der Waals surface area (Å²) in [5.41, 5.74) is 5.41. The molecule has 0 fully saturated rings. The van der Waals surface area contributed by atoms with Crippen molar-refractivity contribution >= 4 is 45.7 Å². The largest absolute Gasteiger partial charge is 0.493 e. The van der Waals surface area contributed by atoms with Gasteiger partial charge in [0.1, 0.15) is 5.75 Å². The Morgan fingerprint density at radius 1 is 1.17 bits per heavy atom. The molecule has 0 saturated heterocycles. The molecule has 4 rings (SSSR count). The maximum atomic E-state index is 12.3. The number of carbonyl (C=O) groups excluding carboxylic acids is 1. The summed E-state index contributed by atoms with van der Waals surface area (Å²) in [6.07, 6.45) is 1.64. The highest BCUT2D eigenvalue weighted by Gasteiger charge is 2.10. The van der Waals surface area contributed by atoms with Crippen molar-refractivity contribution in [1.29, 1.82) is 0 Å². The maximum absolute atomic E-state index is 12.3. The highest BCUT2D eigenvalue weighted by atomic mass is 32.2. The zero-order chi connectivity index (χ0) is 20.9. The van der Waals surface area contributed by atoms with E-state index >= 15 is 0 Å². The monoisotopic (exact) mass is 418 g/mol. The fourth-order valence-electron chi connectivity index (χ4n) is 3.27. The van der Waals surface area contributed by atoms with Crippen LogP contribution in [0.1, 0.15) is 12.5 Å². The van der Waals surface area contributed by atoms with Gasteiger partial charge < -0.3 is 9.30 Å². The number of ether oxygens (including phenoxy) is 1. The number of para-hydroxylation sites is 2. The molecule has 1 N–H and O–H groups in total. The van der Waals surface area contributed by atoms with E-state index in [0.717, 1.165) is 38.3 Å². The summed E-state index contributed by atoms with van der Waals surface area (Å²) < 4.78 is 7.72. The van der Waals surface area contributed by atoms with Crippen LogP contribution in [0.5, 0.6) is 5.75 Å². The summed E-state index contributed by atoms with van der Waals surface area (Å²) in [4.78, 5) is 16.9. The Bertz CT molecular complexity index is 1230. The van der Waals surface area contributed by atoms with Gasteiger partial charge in [0.2, 0.25) is 0 Å². The van der Waals surface area contributed by atoms with Crippen molar-refractivity contribution in [2.24, 2.45) is 12.1 Å². The lowest BCUT2D eigenvalue weighted by molar-refractivity contribution is -0.118. The molecule has 152 valence electrons. The lowest BCUT2D eigenvalue weighted by atomic mass is 10.0. The fraction of sp³-hybridized carbons (Fsp3) is 0.174. The van der Waals surface area contributed by atoms with Gasteiger partial charge in [-0.1, -0.05) is 54.2 Å². The minimum absolute atomic E-state index is 0.193. The van der Waals surface area contributed by atoms with Crippen molar-refractivity contribution in [3.63, 3.8) is 0 Å². The second kappa shape index (κ2) is 9.00. The van der Waals surface area contributed by atoms with Crippen molar-refractivity contribution < 1.29 is 9.53 Å². The van der Waals surface area contributed by atoms with Gasteiger partial charge in [-0.25, -0.2) is 10.4 Å². The van der Waals surface area contributed by atoms with Crippen LogP contribution in [0.4, 0.5) is 0 Å². The van der Waals surface area contributed by atoms with E-state index < -0.39 is 0 Å². The van der Waals surface area contributed by atoms with Crippen LogP contribution in [-0.4, -0.2) is 34.0 Å². The first kappa shape index (κ1) is 20.0. The first-order chi connectivity index (χ1) is 14.7. The summed E-state index contributed by atoms with van der Waals surface area (Å²) in [6, 6.07) is 19.9. The van der Waals surface area contributed by atoms with Crippen molar-refractivity contribution in [2.75, 3.05) is 12.4 Å². The average Bonchev–Trinajstić information content (AvgIpc) is 3.09. The Hall–Kier alpha value is -3.32. The Kier molecular flexibility index (Phi) is 5.99. The van der Waals surface area contributed by atoms with E-state index in [1.54, 1.807) is 6.21 Å². The van der Waals surface area contributed by atoms with Crippen LogP contribution in [-0.2, 0) is 11.8 Å². The Morgan fingerprint density at radius 2 is 1.97 bits per heavy atom. The zero-order valence-electron chi connectivity index (χ0n) is 16.8. The van der Waals surface area contributed by atoms with Gasteiger partial charge in [0.25, 0.3) is 5.91 Å². The normalized spacial score (nSPS) is 11.4. The standard InChI is InChI=1S/C23H22N4O2S/c1-3-29-21-13-12-16-8-4-5-9-17(16)18(21)14-24-26-22(28)15-30-23-25-19-10-6-7-11-20(19)27(23)2/h4-14H,3,15H2,1-2H3,(H,26,28)/b24-14-. The average molecular weight is 419 g/mol. The number of aryl methyl sites for hydroxylation is 1. The molecular formula is C23H22N4O2S. The van der Waals surface area contributed by atoms with E-state index in [9.17, 15) is 4.79 Å². The van der Waals surface area contributed by atoms with Gasteiger partial charge >= 0.3 is 0 Å². The maximum Gasteiger partial charge on any atom is 0.250 e. The van der Waals surface area contributed by atoms with Gasteiger partial charge in [-0.2, -0.15) is 5.10 Å². The lowest BCUT2D eigenvalue weighted by Gasteiger charge is -2.10. The van der Waals surface area contributed by atoms with Gasteiger partial charge in [-0.15, -0.1) is 0 Å². The quantitative estimate of drug-likeness (QED) is 0.275.